The Morgan fingerprint density at radius 2 is 1.58 bits per heavy atom. The topological polar surface area (TPSA) is 33.3 Å². The van der Waals surface area contributed by atoms with E-state index in [-0.39, 0.29) is 0 Å². The SMILES string of the molecule is BrOBr.C1CC2=C(CN1)CNC2. The minimum Gasteiger partial charge on any atom is -0.313 e. The fraction of sp³-hybridized carbons (Fsp3) is 0.714. The molecule has 12 heavy (non-hydrogen) atoms. The Morgan fingerprint density at radius 3 is 2.25 bits per heavy atom. The second-order valence-corrected chi connectivity index (χ2v) is 4.31. The molecule has 0 saturated carbocycles. The molecule has 2 aliphatic heterocycles. The highest BCUT2D eigenvalue weighted by atomic mass is 79.9. The molecule has 0 fully saturated rings. The van der Waals surface area contributed by atoms with E-state index in [1.807, 2.05) is 0 Å². The maximum absolute atomic E-state index is 3.88. The van der Waals surface area contributed by atoms with Gasteiger partial charge in [-0.05, 0) is 18.5 Å². The van der Waals surface area contributed by atoms with Crippen molar-refractivity contribution in [2.24, 2.45) is 0 Å². The second kappa shape index (κ2) is 6.10. The van der Waals surface area contributed by atoms with E-state index in [1.54, 1.807) is 11.1 Å². The Hall–Kier alpha value is 0.580. The highest BCUT2D eigenvalue weighted by Gasteiger charge is 2.15. The minimum absolute atomic E-state index is 1.13. The Bertz CT molecular complexity index is 157. The fourth-order valence-corrected chi connectivity index (χ4v) is 1.55. The Morgan fingerprint density at radius 1 is 1.00 bits per heavy atom. The van der Waals surface area contributed by atoms with E-state index in [0.717, 1.165) is 19.6 Å². The Kier molecular flexibility index (Phi) is 5.42. The summed E-state index contributed by atoms with van der Waals surface area (Å²) in [7, 11) is 0. The molecule has 0 bridgehead atoms. The molecule has 0 aliphatic carbocycles. The van der Waals surface area contributed by atoms with Crippen LogP contribution in [0.2, 0.25) is 0 Å². The number of nitrogens with one attached hydrogen (secondary N) is 2. The highest BCUT2D eigenvalue weighted by Crippen LogP contribution is 2.14. The predicted molar refractivity (Wildman–Crippen MR) is 56.3 cm³/mol. The molecule has 2 aliphatic rings. The molecule has 0 aromatic carbocycles. The van der Waals surface area contributed by atoms with E-state index < -0.39 is 0 Å². The summed E-state index contributed by atoms with van der Waals surface area (Å²) in [4.78, 5) is 0. The van der Waals surface area contributed by atoms with E-state index in [2.05, 4.69) is 46.1 Å². The average Bonchev–Trinajstić information content (AvgIpc) is 2.52. The molecular formula is C7H12Br2N2O. The monoisotopic (exact) mass is 298 g/mol. The van der Waals surface area contributed by atoms with Crippen LogP contribution in [0.4, 0.5) is 0 Å². The van der Waals surface area contributed by atoms with Crippen LogP contribution in [0.15, 0.2) is 11.1 Å². The zero-order valence-electron chi connectivity index (χ0n) is 6.70. The van der Waals surface area contributed by atoms with Gasteiger partial charge in [-0.15, -0.1) is 0 Å². The van der Waals surface area contributed by atoms with Crippen LogP contribution in [0.25, 0.3) is 0 Å². The molecule has 2 N–H and O–H groups in total. The van der Waals surface area contributed by atoms with Crippen molar-refractivity contribution in [3.8, 4) is 0 Å². The van der Waals surface area contributed by atoms with Crippen LogP contribution in [-0.4, -0.2) is 26.2 Å². The fourth-order valence-electron chi connectivity index (χ4n) is 1.55. The van der Waals surface area contributed by atoms with Gasteiger partial charge in [0.25, 0.3) is 0 Å². The second-order valence-electron chi connectivity index (χ2n) is 2.80. The van der Waals surface area contributed by atoms with Crippen LogP contribution in [0.1, 0.15) is 6.42 Å². The molecule has 0 amide bonds. The summed E-state index contributed by atoms with van der Waals surface area (Å²) in [5.74, 6) is 0. The Balaban J connectivity index is 0.000000213. The number of hydrogen-bond acceptors (Lipinski definition) is 3. The van der Waals surface area contributed by atoms with Gasteiger partial charge in [-0.2, -0.15) is 0 Å². The van der Waals surface area contributed by atoms with Crippen molar-refractivity contribution in [3.63, 3.8) is 0 Å². The van der Waals surface area contributed by atoms with E-state index in [0.29, 0.717) is 0 Å². The van der Waals surface area contributed by atoms with Gasteiger partial charge in [0, 0.05) is 19.6 Å². The van der Waals surface area contributed by atoms with Crippen molar-refractivity contribution in [1.82, 2.24) is 10.6 Å². The predicted octanol–water partition coefficient (Wildman–Crippen LogP) is 1.50. The van der Waals surface area contributed by atoms with Crippen LogP contribution < -0.4 is 10.6 Å². The third kappa shape index (κ3) is 3.14. The third-order valence-corrected chi connectivity index (χ3v) is 2.12. The van der Waals surface area contributed by atoms with E-state index in [4.69, 9.17) is 0 Å². The number of hydrogen-bond donors (Lipinski definition) is 2. The lowest BCUT2D eigenvalue weighted by Gasteiger charge is -2.13. The van der Waals surface area contributed by atoms with E-state index in [9.17, 15) is 0 Å². The first-order valence-electron chi connectivity index (χ1n) is 3.89. The summed E-state index contributed by atoms with van der Waals surface area (Å²) < 4.78 is 3.88. The Labute approximate surface area is 89.8 Å². The normalized spacial score (nSPS) is 21.5. The molecule has 0 atom stereocenters. The molecule has 3 nitrogen and oxygen atoms in total. The third-order valence-electron chi connectivity index (χ3n) is 2.12. The van der Waals surface area contributed by atoms with Gasteiger partial charge in [-0.1, -0.05) is 5.57 Å². The van der Waals surface area contributed by atoms with Crippen molar-refractivity contribution < 1.29 is 2.92 Å². The average molecular weight is 300 g/mol. The molecule has 5 heteroatoms. The van der Waals surface area contributed by atoms with Crippen LogP contribution in [-0.2, 0) is 2.92 Å². The zero-order valence-corrected chi connectivity index (χ0v) is 9.87. The van der Waals surface area contributed by atoms with Gasteiger partial charge in [0.2, 0.25) is 0 Å². The molecule has 2 rings (SSSR count). The standard InChI is InChI=1S/C7H12N2.Br2O/c1-2-8-4-7-5-9-3-6(1)7;1-3-2/h8-9H,1-5H2;. The lowest BCUT2D eigenvalue weighted by atomic mass is 10.1. The van der Waals surface area contributed by atoms with Crippen molar-refractivity contribution in [2.45, 2.75) is 6.42 Å². The quantitative estimate of drug-likeness (QED) is 0.665. The van der Waals surface area contributed by atoms with Gasteiger partial charge < -0.3 is 10.6 Å². The number of rotatable bonds is 0. The summed E-state index contributed by atoms with van der Waals surface area (Å²) in [6.45, 7) is 4.59. The van der Waals surface area contributed by atoms with Crippen LogP contribution in [0.5, 0.6) is 0 Å². The van der Waals surface area contributed by atoms with Crippen LogP contribution in [0.3, 0.4) is 0 Å². The zero-order chi connectivity index (χ0) is 8.81. The van der Waals surface area contributed by atoms with Crippen LogP contribution in [0, 0.1) is 0 Å². The molecular weight excluding hydrogens is 288 g/mol. The van der Waals surface area contributed by atoms with E-state index in [1.165, 1.54) is 13.0 Å². The van der Waals surface area contributed by atoms with Gasteiger partial charge in [0.05, 0.1) is 0 Å². The van der Waals surface area contributed by atoms with Crippen molar-refractivity contribution in [3.05, 3.63) is 11.1 Å². The van der Waals surface area contributed by atoms with Crippen molar-refractivity contribution >= 4 is 32.5 Å². The van der Waals surface area contributed by atoms with Gasteiger partial charge >= 0.3 is 0 Å². The maximum atomic E-state index is 3.88. The minimum atomic E-state index is 1.13. The van der Waals surface area contributed by atoms with Crippen molar-refractivity contribution in [2.75, 3.05) is 26.2 Å². The van der Waals surface area contributed by atoms with Crippen LogP contribution >= 0.6 is 32.5 Å². The summed E-state index contributed by atoms with van der Waals surface area (Å²) in [6.07, 6.45) is 1.27. The molecule has 70 valence electrons. The largest absolute Gasteiger partial charge is 0.313 e. The lowest BCUT2D eigenvalue weighted by molar-refractivity contribution is 0.684. The first kappa shape index (κ1) is 10.7. The van der Waals surface area contributed by atoms with Gasteiger partial charge in [-0.25, -0.2) is 2.92 Å². The smallest absolute Gasteiger partial charge is 0.115 e. The van der Waals surface area contributed by atoms with Gasteiger partial charge in [0.1, 0.15) is 32.5 Å². The molecule has 0 unspecified atom stereocenters. The first-order chi connectivity index (χ1) is 5.88. The number of halogens is 2. The summed E-state index contributed by atoms with van der Waals surface area (Å²) in [5, 5.41) is 6.71. The molecule has 0 saturated heterocycles. The molecule has 0 spiro atoms. The maximum Gasteiger partial charge on any atom is 0.115 e. The lowest BCUT2D eigenvalue weighted by Crippen LogP contribution is -2.24. The molecule has 0 radical (unpaired) electrons. The van der Waals surface area contributed by atoms with Gasteiger partial charge in [0.15, 0.2) is 0 Å². The first-order valence-corrected chi connectivity index (χ1v) is 5.18. The molecule has 0 aromatic heterocycles. The van der Waals surface area contributed by atoms with E-state index >= 15 is 0 Å². The summed E-state index contributed by atoms with van der Waals surface area (Å²) in [6, 6.07) is 0. The molecule has 0 aromatic rings. The summed E-state index contributed by atoms with van der Waals surface area (Å²) in [5.41, 5.74) is 3.27. The summed E-state index contributed by atoms with van der Waals surface area (Å²) >= 11 is 5.12. The highest BCUT2D eigenvalue weighted by molar-refractivity contribution is 9.18. The molecule has 2 heterocycles. The van der Waals surface area contributed by atoms with Crippen molar-refractivity contribution in [1.29, 1.82) is 0 Å². The van der Waals surface area contributed by atoms with Gasteiger partial charge in [-0.3, -0.25) is 0 Å².